The van der Waals surface area contributed by atoms with Gasteiger partial charge in [0.05, 0.1) is 4.47 Å². The van der Waals surface area contributed by atoms with Crippen LogP contribution in [0.25, 0.3) is 5.65 Å². The van der Waals surface area contributed by atoms with E-state index in [9.17, 15) is 4.79 Å². The zero-order chi connectivity index (χ0) is 9.59. The molecule has 0 aliphatic carbocycles. The molecule has 0 spiro atoms. The first-order chi connectivity index (χ1) is 6.09. The third-order valence-corrected chi connectivity index (χ3v) is 2.80. The summed E-state index contributed by atoms with van der Waals surface area (Å²) in [5, 5.41) is 2.92. The van der Waals surface area contributed by atoms with Crippen molar-refractivity contribution in [1.29, 1.82) is 0 Å². The van der Waals surface area contributed by atoms with E-state index >= 15 is 0 Å². The summed E-state index contributed by atoms with van der Waals surface area (Å²) in [5.74, 6) is 0. The maximum absolute atomic E-state index is 11.4. The van der Waals surface area contributed by atoms with Crippen LogP contribution >= 0.6 is 15.9 Å². The highest BCUT2D eigenvalue weighted by molar-refractivity contribution is 9.10. The summed E-state index contributed by atoms with van der Waals surface area (Å²) >= 11 is 3.37. The number of aromatic nitrogens is 3. The van der Waals surface area contributed by atoms with Gasteiger partial charge in [0.15, 0.2) is 5.65 Å². The molecule has 2 rings (SSSR count). The van der Waals surface area contributed by atoms with Crippen LogP contribution in [-0.2, 0) is 0 Å². The van der Waals surface area contributed by atoms with Crippen molar-refractivity contribution in [2.24, 2.45) is 0 Å². The Morgan fingerprint density at radius 3 is 2.92 bits per heavy atom. The van der Waals surface area contributed by atoms with Gasteiger partial charge in [-0.15, -0.1) is 0 Å². The molecule has 1 N–H and O–H groups in total. The summed E-state index contributed by atoms with van der Waals surface area (Å²) in [4.78, 5) is 15.7. The molecule has 4 nitrogen and oxygen atoms in total. The van der Waals surface area contributed by atoms with E-state index in [0.717, 1.165) is 15.9 Å². The number of rotatable bonds is 0. The van der Waals surface area contributed by atoms with Gasteiger partial charge in [-0.3, -0.25) is 9.89 Å². The Balaban J connectivity index is 3.03. The van der Waals surface area contributed by atoms with Crippen LogP contribution in [0, 0.1) is 13.8 Å². The van der Waals surface area contributed by atoms with E-state index in [-0.39, 0.29) is 5.56 Å². The molecule has 2 heterocycles. The van der Waals surface area contributed by atoms with Crippen LogP contribution < -0.4 is 5.56 Å². The van der Waals surface area contributed by atoms with Gasteiger partial charge >= 0.3 is 0 Å². The van der Waals surface area contributed by atoms with E-state index in [0.29, 0.717) is 5.65 Å². The van der Waals surface area contributed by atoms with Crippen molar-refractivity contribution in [3.8, 4) is 0 Å². The molecule has 0 aliphatic rings. The van der Waals surface area contributed by atoms with Crippen molar-refractivity contribution in [2.75, 3.05) is 0 Å². The minimum absolute atomic E-state index is 0.0868. The molecule has 0 saturated carbocycles. The molecule has 0 radical (unpaired) electrons. The molecular weight excluding hydrogens is 234 g/mol. The average molecular weight is 242 g/mol. The number of hydrogen-bond acceptors (Lipinski definition) is 2. The molecule has 0 atom stereocenters. The monoisotopic (exact) mass is 241 g/mol. The Kier molecular flexibility index (Phi) is 1.76. The average Bonchev–Trinajstić information content (AvgIpc) is 2.32. The topological polar surface area (TPSA) is 50.2 Å². The molecule has 0 unspecified atom stereocenters. The molecule has 0 fully saturated rings. The van der Waals surface area contributed by atoms with Gasteiger partial charge < -0.3 is 0 Å². The maximum atomic E-state index is 11.4. The minimum atomic E-state index is -0.0868. The highest BCUT2D eigenvalue weighted by Gasteiger charge is 2.08. The normalized spacial score (nSPS) is 11.0. The quantitative estimate of drug-likeness (QED) is 0.759. The predicted molar refractivity (Wildman–Crippen MR) is 53.0 cm³/mol. The number of aryl methyl sites for hydroxylation is 2. The molecule has 0 saturated heterocycles. The molecule has 68 valence electrons. The lowest BCUT2D eigenvalue weighted by Gasteiger charge is -1.93. The Morgan fingerprint density at radius 2 is 2.23 bits per heavy atom. The number of nitrogens with zero attached hydrogens (tertiary/aromatic N) is 2. The molecule has 13 heavy (non-hydrogen) atoms. The second-order valence-corrected chi connectivity index (χ2v) is 3.74. The Bertz CT molecular complexity index is 526. The summed E-state index contributed by atoms with van der Waals surface area (Å²) in [5.41, 5.74) is 2.18. The smallest absolute Gasteiger partial charge is 0.272 e. The third-order valence-electron chi connectivity index (χ3n) is 1.85. The van der Waals surface area contributed by atoms with Crippen LogP contribution in [0.1, 0.15) is 11.4 Å². The maximum Gasteiger partial charge on any atom is 0.272 e. The Morgan fingerprint density at radius 1 is 1.54 bits per heavy atom. The summed E-state index contributed by atoms with van der Waals surface area (Å²) in [6.07, 6.45) is 0. The number of fused-ring (bicyclic) bond motifs is 1. The lowest BCUT2D eigenvalue weighted by Crippen LogP contribution is -2.14. The van der Waals surface area contributed by atoms with Gasteiger partial charge in [-0.2, -0.15) is 0 Å². The molecule has 5 heteroatoms. The van der Waals surface area contributed by atoms with Crippen molar-refractivity contribution < 1.29 is 0 Å². The fourth-order valence-electron chi connectivity index (χ4n) is 1.24. The number of hydrogen-bond donors (Lipinski definition) is 1. The molecule has 0 aromatic carbocycles. The molecule has 0 bridgehead atoms. The zero-order valence-corrected chi connectivity index (χ0v) is 8.84. The highest BCUT2D eigenvalue weighted by atomic mass is 79.9. The van der Waals surface area contributed by atoms with Gasteiger partial charge in [0, 0.05) is 17.5 Å². The van der Waals surface area contributed by atoms with Crippen LogP contribution in [0.5, 0.6) is 0 Å². The van der Waals surface area contributed by atoms with E-state index in [1.165, 1.54) is 10.6 Å². The van der Waals surface area contributed by atoms with Crippen molar-refractivity contribution in [1.82, 2.24) is 14.6 Å². The van der Waals surface area contributed by atoms with Crippen molar-refractivity contribution in [3.63, 3.8) is 0 Å². The number of nitrogens with one attached hydrogen (secondary N) is 1. The molecule has 2 aromatic rings. The Hall–Kier alpha value is -1.10. The third kappa shape index (κ3) is 1.19. The first-order valence-corrected chi connectivity index (χ1v) is 4.63. The van der Waals surface area contributed by atoms with Crippen molar-refractivity contribution in [3.05, 3.63) is 32.3 Å². The second kappa shape index (κ2) is 2.70. The fraction of sp³-hybridized carbons (Fsp3) is 0.250. The van der Waals surface area contributed by atoms with E-state index in [4.69, 9.17) is 0 Å². The first kappa shape index (κ1) is 8.50. The van der Waals surface area contributed by atoms with Gasteiger partial charge in [0.2, 0.25) is 0 Å². The van der Waals surface area contributed by atoms with Crippen LogP contribution in [0.3, 0.4) is 0 Å². The van der Waals surface area contributed by atoms with Crippen LogP contribution in [0.2, 0.25) is 0 Å². The Labute approximate surface area is 82.7 Å². The van der Waals surface area contributed by atoms with Crippen LogP contribution in [-0.4, -0.2) is 14.6 Å². The lowest BCUT2D eigenvalue weighted by molar-refractivity contribution is 0.873. The molecular formula is C8H8BrN3O. The predicted octanol–water partition coefficient (Wildman–Crippen LogP) is 1.40. The molecule has 0 aliphatic heterocycles. The van der Waals surface area contributed by atoms with Gasteiger partial charge in [-0.25, -0.2) is 9.50 Å². The fourth-order valence-corrected chi connectivity index (χ4v) is 1.59. The van der Waals surface area contributed by atoms with Gasteiger partial charge in [-0.1, -0.05) is 0 Å². The zero-order valence-electron chi connectivity index (χ0n) is 7.26. The first-order valence-electron chi connectivity index (χ1n) is 3.84. The number of H-pyrrole nitrogens is 1. The van der Waals surface area contributed by atoms with E-state index in [1.807, 2.05) is 6.92 Å². The van der Waals surface area contributed by atoms with Crippen LogP contribution in [0.15, 0.2) is 15.3 Å². The van der Waals surface area contributed by atoms with E-state index in [2.05, 4.69) is 26.0 Å². The standard InChI is InChI=1S/C8H8BrN3O/c1-4-3-6(13)12-8(10-4)7(9)5(2)11-12/h3,11H,1-2H3. The van der Waals surface area contributed by atoms with Gasteiger partial charge in [-0.05, 0) is 29.8 Å². The summed E-state index contributed by atoms with van der Waals surface area (Å²) < 4.78 is 2.26. The summed E-state index contributed by atoms with van der Waals surface area (Å²) in [6.45, 7) is 3.68. The summed E-state index contributed by atoms with van der Waals surface area (Å²) in [6, 6.07) is 1.50. The second-order valence-electron chi connectivity index (χ2n) is 2.95. The lowest BCUT2D eigenvalue weighted by atomic mass is 10.4. The van der Waals surface area contributed by atoms with Crippen molar-refractivity contribution >= 4 is 21.6 Å². The van der Waals surface area contributed by atoms with Gasteiger partial charge in [0.25, 0.3) is 5.56 Å². The van der Waals surface area contributed by atoms with E-state index in [1.54, 1.807) is 6.92 Å². The molecule has 0 amide bonds. The highest BCUT2D eigenvalue weighted by Crippen LogP contribution is 2.18. The van der Waals surface area contributed by atoms with Crippen molar-refractivity contribution in [2.45, 2.75) is 13.8 Å². The van der Waals surface area contributed by atoms with Crippen LogP contribution in [0.4, 0.5) is 0 Å². The largest absolute Gasteiger partial charge is 0.293 e. The van der Waals surface area contributed by atoms with Gasteiger partial charge in [0.1, 0.15) is 0 Å². The number of aromatic amines is 1. The van der Waals surface area contributed by atoms with E-state index < -0.39 is 0 Å². The minimum Gasteiger partial charge on any atom is -0.293 e. The SMILES string of the molecule is Cc1cc(=O)n2[nH]c(C)c(Br)c2n1. The number of halogens is 1. The summed E-state index contributed by atoms with van der Waals surface area (Å²) in [7, 11) is 0. The molecule has 2 aromatic heterocycles.